The number of sulfone groups is 1. The van der Waals surface area contributed by atoms with Crippen LogP contribution in [0.5, 0.6) is 5.75 Å². The van der Waals surface area contributed by atoms with E-state index in [1.165, 1.54) is 11.6 Å². The Balaban J connectivity index is 1.54. The molecule has 32 heavy (non-hydrogen) atoms. The summed E-state index contributed by atoms with van der Waals surface area (Å²) in [7, 11) is -2.07. The first-order valence-corrected chi connectivity index (χ1v) is 12.0. The molecule has 0 bridgehead atoms. The van der Waals surface area contributed by atoms with Crippen LogP contribution in [0.2, 0.25) is 0 Å². The van der Waals surface area contributed by atoms with Crippen LogP contribution in [0.3, 0.4) is 0 Å². The number of nitro groups is 1. The van der Waals surface area contributed by atoms with E-state index < -0.39 is 26.4 Å². The fourth-order valence-corrected chi connectivity index (χ4v) is 4.86. The summed E-state index contributed by atoms with van der Waals surface area (Å²) in [6.07, 6.45) is 4.40. The van der Waals surface area contributed by atoms with Crippen molar-refractivity contribution in [1.29, 1.82) is 0 Å². The number of methoxy groups -OCH3 is 1. The molecule has 0 radical (unpaired) electrons. The van der Waals surface area contributed by atoms with Gasteiger partial charge in [0.15, 0.2) is 9.84 Å². The second-order valence-electron chi connectivity index (χ2n) is 7.97. The second kappa shape index (κ2) is 8.27. The number of benzene rings is 2. The normalized spacial score (nSPS) is 15.1. The van der Waals surface area contributed by atoms with Gasteiger partial charge in [0, 0.05) is 54.1 Å². The van der Waals surface area contributed by atoms with E-state index in [1.807, 2.05) is 24.4 Å². The van der Waals surface area contributed by atoms with E-state index in [4.69, 9.17) is 4.74 Å². The van der Waals surface area contributed by atoms with Crippen LogP contribution in [0.4, 0.5) is 5.69 Å². The Bertz CT molecular complexity index is 1310. The van der Waals surface area contributed by atoms with E-state index in [0.29, 0.717) is 13.1 Å². The maximum absolute atomic E-state index is 13.0. The van der Waals surface area contributed by atoms with Crippen molar-refractivity contribution in [2.75, 3.05) is 26.5 Å². The van der Waals surface area contributed by atoms with Crippen LogP contribution >= 0.6 is 0 Å². The Kier molecular flexibility index (Phi) is 5.64. The maximum Gasteiger partial charge on any atom is 0.271 e. The van der Waals surface area contributed by atoms with Crippen molar-refractivity contribution in [1.82, 2.24) is 9.88 Å². The van der Waals surface area contributed by atoms with E-state index in [9.17, 15) is 23.3 Å². The van der Waals surface area contributed by atoms with E-state index in [1.54, 1.807) is 12.0 Å². The number of hydrogen-bond acceptors (Lipinski definition) is 6. The van der Waals surface area contributed by atoms with E-state index >= 15 is 0 Å². The Morgan fingerprint density at radius 3 is 2.53 bits per heavy atom. The number of rotatable bonds is 5. The zero-order valence-corrected chi connectivity index (χ0v) is 18.5. The predicted molar refractivity (Wildman–Crippen MR) is 119 cm³/mol. The molecule has 9 nitrogen and oxygen atoms in total. The Hall–Kier alpha value is -3.40. The highest BCUT2D eigenvalue weighted by molar-refractivity contribution is 7.90. The zero-order valence-electron chi connectivity index (χ0n) is 17.7. The van der Waals surface area contributed by atoms with Crippen molar-refractivity contribution < 1.29 is 22.9 Å². The number of hydrogen-bond donors (Lipinski definition) is 1. The number of nitrogens with one attached hydrogen (secondary N) is 1. The molecule has 0 aliphatic carbocycles. The van der Waals surface area contributed by atoms with Gasteiger partial charge < -0.3 is 14.6 Å². The molecular weight excluding hydrogens is 434 g/mol. The summed E-state index contributed by atoms with van der Waals surface area (Å²) >= 11 is 0. The van der Waals surface area contributed by atoms with Crippen molar-refractivity contribution in [2.24, 2.45) is 0 Å². The highest BCUT2D eigenvalue weighted by atomic mass is 32.2. The number of amides is 1. The number of piperidine rings is 1. The molecule has 1 aromatic heterocycles. The van der Waals surface area contributed by atoms with Crippen molar-refractivity contribution >= 4 is 32.3 Å². The predicted octanol–water partition coefficient (Wildman–Crippen LogP) is 3.51. The van der Waals surface area contributed by atoms with Gasteiger partial charge in [-0.05, 0) is 48.6 Å². The molecular formula is C22H23N3O6S. The first-order valence-electron chi connectivity index (χ1n) is 10.1. The third-order valence-electron chi connectivity index (χ3n) is 5.92. The third-order valence-corrected chi connectivity index (χ3v) is 7.01. The number of H-pyrrole nitrogens is 1. The molecule has 0 saturated carbocycles. The smallest absolute Gasteiger partial charge is 0.271 e. The van der Waals surface area contributed by atoms with E-state index in [2.05, 4.69) is 4.98 Å². The quantitative estimate of drug-likeness (QED) is 0.462. The minimum atomic E-state index is -3.70. The van der Waals surface area contributed by atoms with E-state index in [0.717, 1.165) is 47.9 Å². The number of fused-ring (bicyclic) bond motifs is 1. The van der Waals surface area contributed by atoms with Gasteiger partial charge in [0.1, 0.15) is 5.75 Å². The largest absolute Gasteiger partial charge is 0.497 e. The Morgan fingerprint density at radius 1 is 1.19 bits per heavy atom. The maximum atomic E-state index is 13.0. The average Bonchev–Trinajstić information content (AvgIpc) is 3.21. The van der Waals surface area contributed by atoms with Gasteiger partial charge in [-0.15, -0.1) is 0 Å². The lowest BCUT2D eigenvalue weighted by atomic mass is 9.89. The van der Waals surface area contributed by atoms with Crippen molar-refractivity contribution in [3.63, 3.8) is 0 Å². The van der Waals surface area contributed by atoms with Gasteiger partial charge in [-0.1, -0.05) is 0 Å². The average molecular weight is 458 g/mol. The number of nitrogens with zero attached hydrogens (tertiary/aromatic N) is 2. The SMILES string of the molecule is COc1ccc2[nH]cc(C3CCN(C(=O)c4cc([N+](=O)[O-])cc(S(C)(=O)=O)c4)CC3)c2c1. The Labute approximate surface area is 185 Å². The number of non-ortho nitro benzene ring substituents is 1. The lowest BCUT2D eigenvalue weighted by Crippen LogP contribution is -2.38. The van der Waals surface area contributed by atoms with Crippen LogP contribution in [0, 0.1) is 10.1 Å². The summed E-state index contributed by atoms with van der Waals surface area (Å²) in [5, 5.41) is 12.3. The molecule has 0 atom stereocenters. The molecule has 0 unspecified atom stereocenters. The molecule has 1 aliphatic heterocycles. The van der Waals surface area contributed by atoms with Crippen LogP contribution < -0.4 is 4.74 Å². The van der Waals surface area contributed by atoms with Gasteiger partial charge in [0.25, 0.3) is 11.6 Å². The van der Waals surface area contributed by atoms with Gasteiger partial charge in [0.05, 0.1) is 16.9 Å². The summed E-state index contributed by atoms with van der Waals surface area (Å²) < 4.78 is 29.2. The standard InChI is InChI=1S/C22H23N3O6S/c1-31-17-3-4-21-19(12-17)20(13-23-21)14-5-7-24(8-6-14)22(26)15-9-16(25(27)28)11-18(10-15)32(2,29)30/h3-4,9-14,23H,5-8H2,1-2H3. The van der Waals surface area contributed by atoms with Gasteiger partial charge in [-0.25, -0.2) is 8.42 Å². The molecule has 168 valence electrons. The van der Waals surface area contributed by atoms with E-state index in [-0.39, 0.29) is 16.4 Å². The number of aromatic amines is 1. The second-order valence-corrected chi connectivity index (χ2v) is 9.98. The summed E-state index contributed by atoms with van der Waals surface area (Å²) in [6.45, 7) is 0.939. The number of ether oxygens (including phenoxy) is 1. The van der Waals surface area contributed by atoms with Gasteiger partial charge in [-0.3, -0.25) is 14.9 Å². The summed E-state index contributed by atoms with van der Waals surface area (Å²) in [4.78, 5) is 28.2. The van der Waals surface area contributed by atoms with Crippen LogP contribution in [-0.4, -0.2) is 55.6 Å². The highest BCUT2D eigenvalue weighted by Crippen LogP contribution is 2.35. The molecule has 4 rings (SSSR count). The summed E-state index contributed by atoms with van der Waals surface area (Å²) in [5.41, 5.74) is 1.78. The molecule has 0 spiro atoms. The highest BCUT2D eigenvalue weighted by Gasteiger charge is 2.28. The summed E-state index contributed by atoms with van der Waals surface area (Å²) in [5.74, 6) is 0.618. The summed E-state index contributed by atoms with van der Waals surface area (Å²) in [6, 6.07) is 9.18. The number of carbonyl (C=O) groups is 1. The third kappa shape index (κ3) is 4.18. The zero-order chi connectivity index (χ0) is 23.0. The topological polar surface area (TPSA) is 123 Å². The van der Waals surface area contributed by atoms with Gasteiger partial charge >= 0.3 is 0 Å². The van der Waals surface area contributed by atoms with Crippen LogP contribution in [-0.2, 0) is 9.84 Å². The molecule has 1 fully saturated rings. The number of aromatic nitrogens is 1. The molecule has 2 aromatic carbocycles. The minimum Gasteiger partial charge on any atom is -0.497 e. The van der Waals surface area contributed by atoms with Crippen molar-refractivity contribution in [3.8, 4) is 5.75 Å². The molecule has 1 aliphatic rings. The Morgan fingerprint density at radius 2 is 1.91 bits per heavy atom. The van der Waals surface area contributed by atoms with Crippen LogP contribution in [0.1, 0.15) is 34.7 Å². The molecule has 1 amide bonds. The molecule has 1 N–H and O–H groups in total. The number of likely N-dealkylation sites (tertiary alicyclic amines) is 1. The van der Waals surface area contributed by atoms with Crippen molar-refractivity contribution in [3.05, 3.63) is 63.8 Å². The lowest BCUT2D eigenvalue weighted by Gasteiger charge is -2.32. The molecule has 2 heterocycles. The molecule has 10 heteroatoms. The molecule has 3 aromatic rings. The fourth-order valence-electron chi connectivity index (χ4n) is 4.19. The lowest BCUT2D eigenvalue weighted by molar-refractivity contribution is -0.385. The first-order chi connectivity index (χ1) is 15.2. The van der Waals surface area contributed by atoms with Gasteiger partial charge in [-0.2, -0.15) is 0 Å². The first kappa shape index (κ1) is 21.8. The molecule has 1 saturated heterocycles. The van der Waals surface area contributed by atoms with Gasteiger partial charge in [0.2, 0.25) is 0 Å². The monoisotopic (exact) mass is 457 g/mol. The number of nitro benzene ring substituents is 1. The number of carbonyl (C=O) groups excluding carboxylic acids is 1. The van der Waals surface area contributed by atoms with Crippen LogP contribution in [0.15, 0.2) is 47.5 Å². The van der Waals surface area contributed by atoms with Crippen LogP contribution in [0.25, 0.3) is 10.9 Å². The minimum absolute atomic E-state index is 0.00917. The van der Waals surface area contributed by atoms with Crippen molar-refractivity contribution in [2.45, 2.75) is 23.7 Å². The fraction of sp³-hybridized carbons (Fsp3) is 0.318.